The number of hydrogen-bond donors (Lipinski definition) is 1. The van der Waals surface area contributed by atoms with Crippen LogP contribution in [0.1, 0.15) is 6.42 Å². The van der Waals surface area contributed by atoms with Gasteiger partial charge in [-0.05, 0) is 13.0 Å². The molecule has 2 N–H and O–H groups in total. The van der Waals surface area contributed by atoms with Crippen molar-refractivity contribution in [3.05, 3.63) is 0 Å². The fourth-order valence-corrected chi connectivity index (χ4v) is 1.27. The summed E-state index contributed by atoms with van der Waals surface area (Å²) < 4.78 is 0. The third-order valence-electron chi connectivity index (χ3n) is 2.15. The second kappa shape index (κ2) is 4.23. The number of hydrogen-bond acceptors (Lipinski definition) is 3. The van der Waals surface area contributed by atoms with Crippen LogP contribution in [0.3, 0.4) is 0 Å². The van der Waals surface area contributed by atoms with Gasteiger partial charge in [-0.1, -0.05) is 0 Å². The molecule has 74 valence electrons. The Bertz CT molecular complexity index is 215. The van der Waals surface area contributed by atoms with Crippen molar-refractivity contribution in [3.63, 3.8) is 0 Å². The molecule has 0 spiro atoms. The molecule has 5 nitrogen and oxygen atoms in total. The van der Waals surface area contributed by atoms with E-state index in [-0.39, 0.29) is 0 Å². The average Bonchev–Trinajstić information content (AvgIpc) is 2.13. The van der Waals surface area contributed by atoms with Crippen LogP contribution < -0.4 is 5.73 Å². The maximum atomic E-state index is 11.3. The first kappa shape index (κ1) is 9.98. The lowest BCUT2D eigenvalue weighted by molar-refractivity contribution is -0.154. The van der Waals surface area contributed by atoms with E-state index < -0.39 is 11.8 Å². The SMILES string of the molecule is CN1CCN(CCCN)C(=O)C1=O. The number of carbonyl (C=O) groups is 2. The second-order valence-electron chi connectivity index (χ2n) is 3.16. The van der Waals surface area contributed by atoms with E-state index in [1.165, 1.54) is 4.90 Å². The first-order chi connectivity index (χ1) is 6.16. The number of piperazine rings is 1. The zero-order valence-electron chi connectivity index (χ0n) is 7.82. The van der Waals surface area contributed by atoms with E-state index in [2.05, 4.69) is 0 Å². The lowest BCUT2D eigenvalue weighted by atomic mass is 10.3. The zero-order valence-corrected chi connectivity index (χ0v) is 7.82. The van der Waals surface area contributed by atoms with Gasteiger partial charge in [0.1, 0.15) is 0 Å². The summed E-state index contributed by atoms with van der Waals surface area (Å²) in [6.45, 7) is 2.39. The van der Waals surface area contributed by atoms with Crippen molar-refractivity contribution in [2.75, 3.05) is 33.2 Å². The van der Waals surface area contributed by atoms with Gasteiger partial charge < -0.3 is 15.5 Å². The van der Waals surface area contributed by atoms with Gasteiger partial charge in [-0.15, -0.1) is 0 Å². The summed E-state index contributed by atoms with van der Waals surface area (Å²) >= 11 is 0. The largest absolute Gasteiger partial charge is 0.336 e. The molecular formula is C8H15N3O2. The Hall–Kier alpha value is -1.10. The van der Waals surface area contributed by atoms with E-state index in [0.717, 1.165) is 6.42 Å². The van der Waals surface area contributed by atoms with Crippen LogP contribution in [0.15, 0.2) is 0 Å². The third kappa shape index (κ3) is 2.18. The van der Waals surface area contributed by atoms with Crippen LogP contribution in [0.5, 0.6) is 0 Å². The summed E-state index contributed by atoms with van der Waals surface area (Å²) in [6.07, 6.45) is 0.753. The van der Waals surface area contributed by atoms with Gasteiger partial charge in [0.05, 0.1) is 0 Å². The fraction of sp³-hybridized carbons (Fsp3) is 0.750. The number of amides is 2. The van der Waals surface area contributed by atoms with Crippen LogP contribution in [0.4, 0.5) is 0 Å². The molecule has 1 heterocycles. The van der Waals surface area contributed by atoms with Crippen LogP contribution in [0.2, 0.25) is 0 Å². The first-order valence-corrected chi connectivity index (χ1v) is 4.41. The van der Waals surface area contributed by atoms with Gasteiger partial charge in [-0.2, -0.15) is 0 Å². The van der Waals surface area contributed by atoms with Crippen LogP contribution in [0, 0.1) is 0 Å². The zero-order chi connectivity index (χ0) is 9.84. The maximum absolute atomic E-state index is 11.3. The molecule has 2 amide bonds. The Morgan fingerprint density at radius 3 is 2.62 bits per heavy atom. The lowest BCUT2D eigenvalue weighted by Crippen LogP contribution is -2.53. The van der Waals surface area contributed by atoms with E-state index in [1.54, 1.807) is 11.9 Å². The van der Waals surface area contributed by atoms with Crippen molar-refractivity contribution < 1.29 is 9.59 Å². The molecule has 0 radical (unpaired) electrons. The van der Waals surface area contributed by atoms with E-state index in [9.17, 15) is 9.59 Å². The smallest absolute Gasteiger partial charge is 0.312 e. The molecule has 1 rings (SSSR count). The summed E-state index contributed by atoms with van der Waals surface area (Å²) in [6, 6.07) is 0. The van der Waals surface area contributed by atoms with Crippen LogP contribution in [-0.4, -0.2) is 54.8 Å². The number of rotatable bonds is 3. The highest BCUT2D eigenvalue weighted by molar-refractivity contribution is 6.35. The third-order valence-corrected chi connectivity index (χ3v) is 2.15. The first-order valence-electron chi connectivity index (χ1n) is 4.41. The van der Waals surface area contributed by atoms with E-state index in [4.69, 9.17) is 5.73 Å². The molecule has 0 aromatic carbocycles. The molecule has 1 aliphatic heterocycles. The molecule has 13 heavy (non-hydrogen) atoms. The lowest BCUT2D eigenvalue weighted by Gasteiger charge is -2.31. The van der Waals surface area contributed by atoms with Crippen molar-refractivity contribution in [2.24, 2.45) is 5.73 Å². The average molecular weight is 185 g/mol. The highest BCUT2D eigenvalue weighted by Gasteiger charge is 2.29. The van der Waals surface area contributed by atoms with Gasteiger partial charge in [0.2, 0.25) is 0 Å². The molecule has 1 saturated heterocycles. The van der Waals surface area contributed by atoms with Crippen LogP contribution >= 0.6 is 0 Å². The Kier molecular flexibility index (Phi) is 3.25. The molecule has 0 atom stereocenters. The van der Waals surface area contributed by atoms with Gasteiger partial charge in [-0.25, -0.2) is 0 Å². The monoisotopic (exact) mass is 185 g/mol. The van der Waals surface area contributed by atoms with Crippen molar-refractivity contribution in [2.45, 2.75) is 6.42 Å². The molecule has 0 bridgehead atoms. The van der Waals surface area contributed by atoms with Gasteiger partial charge in [0.15, 0.2) is 0 Å². The summed E-state index contributed by atoms with van der Waals surface area (Å²) in [7, 11) is 1.64. The molecule has 0 saturated carbocycles. The van der Waals surface area contributed by atoms with Crippen LogP contribution in [-0.2, 0) is 9.59 Å². The van der Waals surface area contributed by atoms with E-state index >= 15 is 0 Å². The predicted octanol–water partition coefficient (Wildman–Crippen LogP) is -1.36. The minimum atomic E-state index is -0.414. The topological polar surface area (TPSA) is 66.6 Å². The number of likely N-dealkylation sites (N-methyl/N-ethyl adjacent to an activating group) is 1. The van der Waals surface area contributed by atoms with Gasteiger partial charge >= 0.3 is 11.8 Å². The minimum Gasteiger partial charge on any atom is -0.336 e. The standard InChI is InChI=1S/C8H15N3O2/c1-10-5-6-11(4-2-3-9)8(13)7(10)12/h2-6,9H2,1H3. The van der Waals surface area contributed by atoms with E-state index in [1.807, 2.05) is 0 Å². The molecule has 0 aromatic rings. The number of nitrogens with two attached hydrogens (primary N) is 1. The molecule has 0 aromatic heterocycles. The van der Waals surface area contributed by atoms with Crippen molar-refractivity contribution in [1.82, 2.24) is 9.80 Å². The summed E-state index contributed by atoms with van der Waals surface area (Å²) in [5.74, 6) is -0.814. The predicted molar refractivity (Wildman–Crippen MR) is 47.9 cm³/mol. The highest BCUT2D eigenvalue weighted by atomic mass is 16.2. The molecule has 5 heteroatoms. The molecule has 1 aliphatic rings. The maximum Gasteiger partial charge on any atom is 0.312 e. The summed E-state index contributed by atoms with van der Waals surface area (Å²) in [5, 5.41) is 0. The fourth-order valence-electron chi connectivity index (χ4n) is 1.27. The Labute approximate surface area is 77.5 Å². The Morgan fingerprint density at radius 1 is 1.31 bits per heavy atom. The number of carbonyl (C=O) groups excluding carboxylic acids is 2. The van der Waals surface area contributed by atoms with Crippen molar-refractivity contribution in [3.8, 4) is 0 Å². The second-order valence-corrected chi connectivity index (χ2v) is 3.16. The normalized spacial score (nSPS) is 18.3. The summed E-state index contributed by atoms with van der Waals surface area (Å²) in [4.78, 5) is 25.5. The molecule has 0 aliphatic carbocycles. The number of nitrogens with zero attached hydrogens (tertiary/aromatic N) is 2. The van der Waals surface area contributed by atoms with Gasteiger partial charge in [0, 0.05) is 26.7 Å². The van der Waals surface area contributed by atoms with Crippen LogP contribution in [0.25, 0.3) is 0 Å². The van der Waals surface area contributed by atoms with Crippen molar-refractivity contribution >= 4 is 11.8 Å². The Balaban J connectivity index is 2.49. The minimum absolute atomic E-state index is 0.401. The molecule has 0 unspecified atom stereocenters. The Morgan fingerprint density at radius 2 is 2.00 bits per heavy atom. The van der Waals surface area contributed by atoms with Gasteiger partial charge in [0.25, 0.3) is 0 Å². The van der Waals surface area contributed by atoms with Gasteiger partial charge in [-0.3, -0.25) is 9.59 Å². The highest BCUT2D eigenvalue weighted by Crippen LogP contribution is 2.02. The quantitative estimate of drug-likeness (QED) is 0.552. The molecule has 1 fully saturated rings. The van der Waals surface area contributed by atoms with E-state index in [0.29, 0.717) is 26.2 Å². The molecular weight excluding hydrogens is 170 g/mol. The summed E-state index contributed by atoms with van der Waals surface area (Å²) in [5.41, 5.74) is 5.32. The van der Waals surface area contributed by atoms with Crippen molar-refractivity contribution in [1.29, 1.82) is 0 Å².